The van der Waals surface area contributed by atoms with Crippen molar-refractivity contribution in [2.24, 2.45) is 5.92 Å². The first kappa shape index (κ1) is 26.2. The van der Waals surface area contributed by atoms with E-state index in [2.05, 4.69) is 35.1 Å². The number of hydrogen-bond donors (Lipinski definition) is 1. The summed E-state index contributed by atoms with van der Waals surface area (Å²) in [6.45, 7) is 6.90. The van der Waals surface area contributed by atoms with Crippen molar-refractivity contribution in [3.63, 3.8) is 0 Å². The van der Waals surface area contributed by atoms with Crippen molar-refractivity contribution in [3.8, 4) is 5.75 Å². The minimum absolute atomic E-state index is 0.122. The highest BCUT2D eigenvalue weighted by atomic mass is 79.9. The second kappa shape index (κ2) is 12.8. The van der Waals surface area contributed by atoms with Crippen LogP contribution in [0.4, 0.5) is 5.69 Å². The summed E-state index contributed by atoms with van der Waals surface area (Å²) in [5, 5.41) is 2.93. The molecular formula is C24H33BrN2O4S. The summed E-state index contributed by atoms with van der Waals surface area (Å²) in [5.41, 5.74) is 0.407. The van der Waals surface area contributed by atoms with Crippen molar-refractivity contribution in [3.05, 3.63) is 53.0 Å². The molecule has 0 aliphatic rings. The lowest BCUT2D eigenvalue weighted by Crippen LogP contribution is -2.42. The van der Waals surface area contributed by atoms with Crippen molar-refractivity contribution < 1.29 is 17.9 Å². The van der Waals surface area contributed by atoms with Gasteiger partial charge in [-0.2, -0.15) is 0 Å². The van der Waals surface area contributed by atoms with E-state index in [4.69, 9.17) is 4.74 Å². The van der Waals surface area contributed by atoms with E-state index in [9.17, 15) is 13.2 Å². The zero-order valence-electron chi connectivity index (χ0n) is 19.0. The third-order valence-corrected chi connectivity index (χ3v) is 7.57. The van der Waals surface area contributed by atoms with E-state index < -0.39 is 10.0 Å². The molecule has 6 nitrogen and oxygen atoms in total. The average Bonchev–Trinajstić information content (AvgIpc) is 2.78. The molecule has 1 N–H and O–H groups in total. The number of nitrogens with one attached hydrogen (secondary N) is 1. The highest BCUT2D eigenvalue weighted by Gasteiger charge is 2.27. The van der Waals surface area contributed by atoms with Crippen molar-refractivity contribution in [2.45, 2.75) is 51.3 Å². The number of nitrogens with zero attached hydrogens (tertiary/aromatic N) is 1. The molecule has 0 aliphatic carbocycles. The number of ether oxygens (including phenoxy) is 1. The van der Waals surface area contributed by atoms with Crippen LogP contribution >= 0.6 is 15.9 Å². The van der Waals surface area contributed by atoms with Crippen LogP contribution in [0.5, 0.6) is 5.75 Å². The van der Waals surface area contributed by atoms with Crippen molar-refractivity contribution in [1.29, 1.82) is 0 Å². The van der Waals surface area contributed by atoms with Crippen LogP contribution in [0, 0.1) is 5.92 Å². The van der Waals surface area contributed by atoms with Gasteiger partial charge in [-0.1, -0.05) is 49.0 Å². The van der Waals surface area contributed by atoms with Gasteiger partial charge in [0.05, 0.1) is 17.2 Å². The highest BCUT2D eigenvalue weighted by molar-refractivity contribution is 9.10. The van der Waals surface area contributed by atoms with Gasteiger partial charge < -0.3 is 10.1 Å². The number of amides is 1. The molecule has 2 rings (SSSR count). The first-order chi connectivity index (χ1) is 15.3. The summed E-state index contributed by atoms with van der Waals surface area (Å²) in [6, 6.07) is 13.1. The molecule has 0 spiro atoms. The van der Waals surface area contributed by atoms with Gasteiger partial charge >= 0.3 is 0 Å². The molecule has 1 atom stereocenters. The molecule has 0 unspecified atom stereocenters. The Morgan fingerprint density at radius 3 is 2.28 bits per heavy atom. The first-order valence-electron chi connectivity index (χ1n) is 11.1. The van der Waals surface area contributed by atoms with E-state index in [1.807, 2.05) is 6.92 Å². The molecule has 8 heteroatoms. The van der Waals surface area contributed by atoms with E-state index in [-0.39, 0.29) is 17.3 Å². The van der Waals surface area contributed by atoms with Crippen molar-refractivity contribution in [2.75, 3.05) is 24.0 Å². The van der Waals surface area contributed by atoms with Crippen LogP contribution in [0.15, 0.2) is 57.9 Å². The average molecular weight is 526 g/mol. The van der Waals surface area contributed by atoms with Crippen LogP contribution in [-0.4, -0.2) is 34.0 Å². The van der Waals surface area contributed by atoms with Gasteiger partial charge in [-0.15, -0.1) is 0 Å². The van der Waals surface area contributed by atoms with Gasteiger partial charge in [0, 0.05) is 11.0 Å². The first-order valence-corrected chi connectivity index (χ1v) is 13.3. The Morgan fingerprint density at radius 1 is 1.06 bits per heavy atom. The third-order valence-electron chi connectivity index (χ3n) is 5.26. The van der Waals surface area contributed by atoms with Gasteiger partial charge in [0.1, 0.15) is 12.3 Å². The van der Waals surface area contributed by atoms with Crippen LogP contribution in [0.2, 0.25) is 0 Å². The third kappa shape index (κ3) is 7.52. The lowest BCUT2D eigenvalue weighted by atomic mass is 9.99. The molecule has 2 aromatic carbocycles. The molecular weight excluding hydrogens is 492 g/mol. The molecule has 0 saturated heterocycles. The molecule has 0 saturated carbocycles. The SMILES string of the molecule is CCCC[C@H](CC)CNC(=O)CN(c1ccc(OCC)cc1)S(=O)(=O)c1ccc(Br)cc1. The number of sulfonamides is 1. The Hall–Kier alpha value is -2.06. The second-order valence-corrected chi connectivity index (χ2v) is 10.4. The van der Waals surface area contributed by atoms with Crippen LogP contribution < -0.4 is 14.4 Å². The summed E-state index contributed by atoms with van der Waals surface area (Å²) >= 11 is 3.33. The molecule has 0 heterocycles. The van der Waals surface area contributed by atoms with E-state index in [1.165, 1.54) is 12.1 Å². The van der Waals surface area contributed by atoms with E-state index in [0.29, 0.717) is 30.5 Å². The number of halogens is 1. The van der Waals surface area contributed by atoms with Gasteiger partial charge in [-0.05, 0) is 67.8 Å². The maximum absolute atomic E-state index is 13.4. The van der Waals surface area contributed by atoms with Gasteiger partial charge in [-0.3, -0.25) is 9.10 Å². The zero-order valence-corrected chi connectivity index (χ0v) is 21.4. The predicted octanol–water partition coefficient (Wildman–Crippen LogP) is 5.38. The molecule has 0 radical (unpaired) electrons. The Balaban J connectivity index is 2.25. The summed E-state index contributed by atoms with van der Waals surface area (Å²) in [5.74, 6) is 0.707. The quantitative estimate of drug-likeness (QED) is 0.381. The number of hydrogen-bond acceptors (Lipinski definition) is 4. The van der Waals surface area contributed by atoms with Crippen LogP contribution in [0.1, 0.15) is 46.5 Å². The van der Waals surface area contributed by atoms with Gasteiger partial charge in [0.25, 0.3) is 10.0 Å². The van der Waals surface area contributed by atoms with Crippen molar-refractivity contribution >= 4 is 37.5 Å². The van der Waals surface area contributed by atoms with E-state index in [0.717, 1.165) is 34.5 Å². The van der Waals surface area contributed by atoms with E-state index in [1.54, 1.807) is 36.4 Å². The Morgan fingerprint density at radius 2 is 1.72 bits per heavy atom. The van der Waals surface area contributed by atoms with Crippen molar-refractivity contribution in [1.82, 2.24) is 5.32 Å². The molecule has 0 fully saturated rings. The standard InChI is InChI=1S/C24H33BrN2O4S/c1-4-7-8-19(5-2)17-26-24(28)18-27(21-11-13-22(14-12-21)31-6-3)32(29,30)23-15-9-20(25)10-16-23/h9-16,19H,4-8,17-18H2,1-3H3,(H,26,28)/t19-/m0/s1. The predicted molar refractivity (Wildman–Crippen MR) is 133 cm³/mol. The number of rotatable bonds is 13. The number of carbonyl (C=O) groups is 1. The maximum atomic E-state index is 13.4. The maximum Gasteiger partial charge on any atom is 0.264 e. The Labute approximate surface area is 200 Å². The summed E-state index contributed by atoms with van der Waals surface area (Å²) < 4.78 is 34.2. The molecule has 0 aliphatic heterocycles. The number of carbonyl (C=O) groups excluding carboxylic acids is 1. The normalized spacial score (nSPS) is 12.2. The fourth-order valence-electron chi connectivity index (χ4n) is 3.31. The number of anilines is 1. The Bertz CT molecular complexity index is 947. The fourth-order valence-corrected chi connectivity index (χ4v) is 5.00. The molecule has 2 aromatic rings. The molecule has 1 amide bonds. The summed E-state index contributed by atoms with van der Waals surface area (Å²) in [6.07, 6.45) is 4.25. The molecule has 0 aromatic heterocycles. The highest BCUT2D eigenvalue weighted by Crippen LogP contribution is 2.26. The molecule has 0 bridgehead atoms. The largest absolute Gasteiger partial charge is 0.494 e. The van der Waals surface area contributed by atoms with Crippen LogP contribution in [-0.2, 0) is 14.8 Å². The molecule has 32 heavy (non-hydrogen) atoms. The lowest BCUT2D eigenvalue weighted by molar-refractivity contribution is -0.119. The summed E-state index contributed by atoms with van der Waals surface area (Å²) in [4.78, 5) is 12.9. The minimum atomic E-state index is -3.94. The van der Waals surface area contributed by atoms with E-state index >= 15 is 0 Å². The Kier molecular flexibility index (Phi) is 10.5. The monoisotopic (exact) mass is 524 g/mol. The number of unbranched alkanes of at least 4 members (excludes halogenated alkanes) is 1. The fraction of sp³-hybridized carbons (Fsp3) is 0.458. The van der Waals surface area contributed by atoms with Gasteiger partial charge in [0.2, 0.25) is 5.91 Å². The van der Waals surface area contributed by atoms with Gasteiger partial charge in [0.15, 0.2) is 0 Å². The smallest absolute Gasteiger partial charge is 0.264 e. The number of benzene rings is 2. The topological polar surface area (TPSA) is 75.7 Å². The van der Waals surface area contributed by atoms with Crippen LogP contribution in [0.3, 0.4) is 0 Å². The molecule has 176 valence electrons. The summed E-state index contributed by atoms with van der Waals surface area (Å²) in [7, 11) is -3.94. The zero-order chi connectivity index (χ0) is 23.6. The lowest BCUT2D eigenvalue weighted by Gasteiger charge is -2.25. The van der Waals surface area contributed by atoms with Crippen LogP contribution in [0.25, 0.3) is 0 Å². The van der Waals surface area contributed by atoms with Gasteiger partial charge in [-0.25, -0.2) is 8.42 Å². The minimum Gasteiger partial charge on any atom is -0.494 e. The second-order valence-electron chi connectivity index (χ2n) is 7.61.